The first-order chi connectivity index (χ1) is 13.9. The first-order valence-electron chi connectivity index (χ1n) is 9.33. The smallest absolute Gasteiger partial charge is 0.238 e. The Morgan fingerprint density at radius 2 is 1.93 bits per heavy atom. The van der Waals surface area contributed by atoms with Crippen molar-refractivity contribution in [3.05, 3.63) is 46.8 Å². The molecule has 7 nitrogen and oxygen atoms in total. The number of hydrogen-bond donors (Lipinski definition) is 3. The van der Waals surface area contributed by atoms with E-state index in [1.165, 1.54) is 6.07 Å². The van der Waals surface area contributed by atoms with E-state index in [0.29, 0.717) is 11.3 Å². The molecule has 4 aromatic rings. The largest absolute Gasteiger partial charge is 0.508 e. The molecule has 3 N–H and O–H groups in total. The number of unbranched alkanes of at least 4 members (excludes halogenated alkanes) is 1. The second-order valence-electron chi connectivity index (χ2n) is 6.92. The maximum Gasteiger partial charge on any atom is 0.238 e. The van der Waals surface area contributed by atoms with Crippen molar-refractivity contribution >= 4 is 21.9 Å². The summed E-state index contributed by atoms with van der Waals surface area (Å²) in [6, 6.07) is 7.84. The zero-order valence-electron chi connectivity index (χ0n) is 16.1. The van der Waals surface area contributed by atoms with Crippen LogP contribution in [0.5, 0.6) is 23.0 Å². The van der Waals surface area contributed by atoms with Crippen LogP contribution in [-0.2, 0) is 6.54 Å². The average Bonchev–Trinajstić information content (AvgIpc) is 3.06. The molecule has 2 heterocycles. The van der Waals surface area contributed by atoms with Gasteiger partial charge in [0.05, 0.1) is 7.11 Å². The van der Waals surface area contributed by atoms with E-state index in [9.17, 15) is 20.1 Å². The van der Waals surface area contributed by atoms with Gasteiger partial charge >= 0.3 is 0 Å². The fourth-order valence-electron chi connectivity index (χ4n) is 3.56. The van der Waals surface area contributed by atoms with Crippen LogP contribution < -0.4 is 10.2 Å². The quantitative estimate of drug-likeness (QED) is 0.464. The number of phenols is 2. The van der Waals surface area contributed by atoms with Crippen molar-refractivity contribution in [3.8, 4) is 34.3 Å². The summed E-state index contributed by atoms with van der Waals surface area (Å²) in [5, 5.41) is 30.9. The minimum absolute atomic E-state index is 0.0161. The van der Waals surface area contributed by atoms with Crippen molar-refractivity contribution in [3.63, 3.8) is 0 Å². The molecule has 0 unspecified atom stereocenters. The first-order valence-corrected chi connectivity index (χ1v) is 9.33. The maximum absolute atomic E-state index is 12.7. The van der Waals surface area contributed by atoms with Gasteiger partial charge in [0.1, 0.15) is 28.2 Å². The van der Waals surface area contributed by atoms with Crippen LogP contribution in [0.15, 0.2) is 45.7 Å². The summed E-state index contributed by atoms with van der Waals surface area (Å²) < 4.78 is 13.2. The lowest BCUT2D eigenvalue weighted by atomic mass is 10.1. The number of benzene rings is 2. The summed E-state index contributed by atoms with van der Waals surface area (Å²) in [5.74, 6) is -0.703. The lowest BCUT2D eigenvalue weighted by Gasteiger charge is -2.07. The average molecular weight is 395 g/mol. The second-order valence-corrected chi connectivity index (χ2v) is 6.92. The molecule has 7 heteroatoms. The van der Waals surface area contributed by atoms with E-state index in [2.05, 4.69) is 6.92 Å². The van der Waals surface area contributed by atoms with Gasteiger partial charge in [-0.3, -0.25) is 4.79 Å². The molecule has 150 valence electrons. The summed E-state index contributed by atoms with van der Waals surface area (Å²) in [7, 11) is 1.56. The van der Waals surface area contributed by atoms with Gasteiger partial charge in [0.15, 0.2) is 5.76 Å². The van der Waals surface area contributed by atoms with E-state index in [0.717, 1.165) is 36.4 Å². The Balaban J connectivity index is 2.04. The van der Waals surface area contributed by atoms with Crippen LogP contribution in [0.25, 0.3) is 33.2 Å². The highest BCUT2D eigenvalue weighted by Crippen LogP contribution is 2.39. The van der Waals surface area contributed by atoms with Gasteiger partial charge in [-0.25, -0.2) is 0 Å². The van der Waals surface area contributed by atoms with Gasteiger partial charge in [-0.15, -0.1) is 0 Å². The predicted molar refractivity (Wildman–Crippen MR) is 110 cm³/mol. The van der Waals surface area contributed by atoms with E-state index >= 15 is 0 Å². The van der Waals surface area contributed by atoms with Crippen LogP contribution in [0.1, 0.15) is 19.8 Å². The number of rotatable bonds is 5. The summed E-state index contributed by atoms with van der Waals surface area (Å²) >= 11 is 0. The van der Waals surface area contributed by atoms with Crippen LogP contribution in [0.3, 0.4) is 0 Å². The van der Waals surface area contributed by atoms with Crippen LogP contribution in [0.2, 0.25) is 0 Å². The molecule has 0 amide bonds. The Morgan fingerprint density at radius 1 is 1.14 bits per heavy atom. The maximum atomic E-state index is 12.7. The number of fused-ring (bicyclic) bond motifs is 2. The molecule has 29 heavy (non-hydrogen) atoms. The third kappa shape index (κ3) is 3.04. The number of aromatic nitrogens is 1. The van der Waals surface area contributed by atoms with Crippen LogP contribution in [0, 0.1) is 0 Å². The van der Waals surface area contributed by atoms with Crippen LogP contribution >= 0.6 is 0 Å². The molecule has 0 spiro atoms. The highest BCUT2D eigenvalue weighted by atomic mass is 16.5. The zero-order chi connectivity index (χ0) is 20.7. The molecule has 0 aliphatic heterocycles. The van der Waals surface area contributed by atoms with Crippen LogP contribution in [-0.4, -0.2) is 27.0 Å². The molecule has 0 saturated heterocycles. The monoisotopic (exact) mass is 395 g/mol. The number of phenolic OH excluding ortho intramolecular Hbond substituents is 2. The molecule has 4 rings (SSSR count). The molecule has 0 aliphatic carbocycles. The molecule has 0 aliphatic rings. The topological polar surface area (TPSA) is 105 Å². The summed E-state index contributed by atoms with van der Waals surface area (Å²) in [4.78, 5) is 12.7. The molecular weight excluding hydrogens is 374 g/mol. The van der Waals surface area contributed by atoms with Crippen molar-refractivity contribution in [2.75, 3.05) is 7.11 Å². The van der Waals surface area contributed by atoms with E-state index in [4.69, 9.17) is 9.15 Å². The van der Waals surface area contributed by atoms with Crippen molar-refractivity contribution in [2.45, 2.75) is 26.3 Å². The van der Waals surface area contributed by atoms with Gasteiger partial charge in [-0.2, -0.15) is 0 Å². The minimum Gasteiger partial charge on any atom is -0.508 e. The van der Waals surface area contributed by atoms with E-state index < -0.39 is 16.9 Å². The van der Waals surface area contributed by atoms with Gasteiger partial charge in [0.2, 0.25) is 11.2 Å². The Bertz CT molecular complexity index is 1280. The number of hydrogen-bond acceptors (Lipinski definition) is 6. The molecular formula is C22H21NO6. The highest BCUT2D eigenvalue weighted by Gasteiger charge is 2.22. The number of methoxy groups -OCH3 is 1. The molecule has 2 aromatic carbocycles. The minimum atomic E-state index is -0.767. The van der Waals surface area contributed by atoms with Crippen molar-refractivity contribution in [1.82, 2.24) is 4.57 Å². The Morgan fingerprint density at radius 3 is 2.66 bits per heavy atom. The molecule has 0 atom stereocenters. The fourth-order valence-corrected chi connectivity index (χ4v) is 3.56. The van der Waals surface area contributed by atoms with Gasteiger partial charge < -0.3 is 29.0 Å². The molecule has 0 fully saturated rings. The Hall–Kier alpha value is -3.61. The van der Waals surface area contributed by atoms with Crippen molar-refractivity contribution < 1.29 is 24.5 Å². The van der Waals surface area contributed by atoms with E-state index in [1.807, 2.05) is 29.0 Å². The molecule has 2 aromatic heterocycles. The lowest BCUT2D eigenvalue weighted by molar-refractivity contribution is 0.415. The van der Waals surface area contributed by atoms with Crippen LogP contribution in [0.4, 0.5) is 0 Å². The van der Waals surface area contributed by atoms with Gasteiger partial charge in [0, 0.05) is 41.3 Å². The number of aryl methyl sites for hydroxylation is 1. The fraction of sp³-hybridized carbons (Fsp3) is 0.227. The standard InChI is InChI=1S/C22H21NO6/c1-3-4-7-23-11-15(14-10-13(28-2)5-6-16(14)23)22-21(27)20(26)19-17(25)8-12(24)9-18(19)29-22/h5-6,8-11,24-25,27H,3-4,7H2,1-2H3. The van der Waals surface area contributed by atoms with E-state index in [-0.39, 0.29) is 22.5 Å². The predicted octanol–water partition coefficient (Wildman–Crippen LogP) is 4.34. The highest BCUT2D eigenvalue weighted by molar-refractivity contribution is 5.98. The summed E-state index contributed by atoms with van der Waals surface area (Å²) in [5.41, 5.74) is 0.651. The molecule has 0 saturated carbocycles. The van der Waals surface area contributed by atoms with Crippen molar-refractivity contribution in [1.29, 1.82) is 0 Å². The second kappa shape index (κ2) is 7.09. The Labute approximate surface area is 166 Å². The Kier molecular flexibility index (Phi) is 4.58. The third-order valence-electron chi connectivity index (χ3n) is 5.02. The van der Waals surface area contributed by atoms with Gasteiger partial charge in [-0.1, -0.05) is 13.3 Å². The van der Waals surface area contributed by atoms with Crippen molar-refractivity contribution in [2.24, 2.45) is 0 Å². The number of nitrogens with zero attached hydrogens (tertiary/aromatic N) is 1. The first kappa shape index (κ1) is 18.7. The normalized spacial score (nSPS) is 11.4. The third-order valence-corrected chi connectivity index (χ3v) is 5.02. The number of aromatic hydroxyl groups is 3. The summed E-state index contributed by atoms with van der Waals surface area (Å²) in [6.45, 7) is 2.86. The SMILES string of the molecule is CCCCn1cc(-c2oc3cc(O)cc(O)c3c(=O)c2O)c2cc(OC)ccc21. The molecule has 0 radical (unpaired) electrons. The molecule has 0 bridgehead atoms. The number of ether oxygens (including phenoxy) is 1. The van der Waals surface area contributed by atoms with E-state index in [1.54, 1.807) is 7.11 Å². The zero-order valence-corrected chi connectivity index (χ0v) is 16.1. The van der Waals surface area contributed by atoms with Gasteiger partial charge in [-0.05, 0) is 24.6 Å². The summed E-state index contributed by atoms with van der Waals surface area (Å²) in [6.07, 6.45) is 3.80. The van der Waals surface area contributed by atoms with Gasteiger partial charge in [0.25, 0.3) is 0 Å². The lowest BCUT2D eigenvalue weighted by Crippen LogP contribution is -2.03.